The summed E-state index contributed by atoms with van der Waals surface area (Å²) in [6, 6.07) is 11.2. The van der Waals surface area contributed by atoms with Crippen LogP contribution in [-0.2, 0) is 16.0 Å². The number of amides is 2. The summed E-state index contributed by atoms with van der Waals surface area (Å²) in [7, 11) is 0. The second-order valence-electron chi connectivity index (χ2n) is 6.21. The Bertz CT molecular complexity index is 827. The third-order valence-electron chi connectivity index (χ3n) is 4.38. The molecule has 0 radical (unpaired) electrons. The number of nitrogens with zero attached hydrogens (tertiary/aromatic N) is 1. The molecule has 2 aromatic carbocycles. The number of carbonyl (C=O) groups excluding carboxylic acids is 2. The van der Waals surface area contributed by atoms with Crippen LogP contribution in [-0.4, -0.2) is 29.8 Å². The molecule has 0 aromatic heterocycles. The van der Waals surface area contributed by atoms with Crippen molar-refractivity contribution in [2.75, 3.05) is 18.4 Å². The number of likely N-dealkylation sites (tertiary alicyclic amines) is 1. The largest absolute Gasteiger partial charge is 0.342 e. The van der Waals surface area contributed by atoms with Gasteiger partial charge in [0.05, 0.1) is 21.7 Å². The van der Waals surface area contributed by atoms with Crippen molar-refractivity contribution in [1.82, 2.24) is 4.90 Å². The first-order valence-corrected chi connectivity index (χ1v) is 8.96. The van der Waals surface area contributed by atoms with Crippen molar-refractivity contribution in [3.63, 3.8) is 0 Å². The predicted octanol–water partition coefficient (Wildman–Crippen LogP) is 4.16. The lowest BCUT2D eigenvalue weighted by Gasteiger charge is -2.17. The third-order valence-corrected chi connectivity index (χ3v) is 5.20. The number of hydrogen-bond acceptors (Lipinski definition) is 2. The molecule has 0 aliphatic carbocycles. The van der Waals surface area contributed by atoms with E-state index in [1.54, 1.807) is 35.2 Å². The van der Waals surface area contributed by atoms with Crippen LogP contribution in [0.1, 0.15) is 12.0 Å². The highest BCUT2D eigenvalue weighted by molar-refractivity contribution is 6.44. The van der Waals surface area contributed by atoms with E-state index in [0.717, 1.165) is 5.56 Å². The van der Waals surface area contributed by atoms with Crippen LogP contribution >= 0.6 is 23.2 Å². The summed E-state index contributed by atoms with van der Waals surface area (Å²) in [5.41, 5.74) is 1.37. The number of nitrogens with one attached hydrogen (secondary N) is 1. The minimum Gasteiger partial charge on any atom is -0.342 e. The number of carbonyl (C=O) groups is 2. The van der Waals surface area contributed by atoms with Gasteiger partial charge in [-0.05, 0) is 36.2 Å². The summed E-state index contributed by atoms with van der Waals surface area (Å²) < 4.78 is 12.9. The smallest absolute Gasteiger partial charge is 0.229 e. The number of hydrogen-bond donors (Lipinski definition) is 1. The standard InChI is InChI=1S/C19H17Cl2FN2O2/c20-15-2-1-3-16(18(15)21)23-19(26)13-10-17(25)24(11-13)9-8-12-4-6-14(22)7-5-12/h1-7,13H,8-11H2,(H,23,26)/t13-/m0/s1. The first-order valence-electron chi connectivity index (χ1n) is 8.21. The fourth-order valence-electron chi connectivity index (χ4n) is 2.91. The van der Waals surface area contributed by atoms with Gasteiger partial charge in [-0.1, -0.05) is 41.4 Å². The summed E-state index contributed by atoms with van der Waals surface area (Å²) in [4.78, 5) is 26.3. The van der Waals surface area contributed by atoms with Crippen LogP contribution in [0.5, 0.6) is 0 Å². The Morgan fingerprint density at radius 1 is 1.19 bits per heavy atom. The molecule has 136 valence electrons. The zero-order valence-electron chi connectivity index (χ0n) is 13.8. The van der Waals surface area contributed by atoms with Gasteiger partial charge < -0.3 is 10.2 Å². The van der Waals surface area contributed by atoms with Crippen molar-refractivity contribution < 1.29 is 14.0 Å². The third kappa shape index (κ3) is 4.34. The molecule has 3 rings (SSSR count). The molecule has 1 fully saturated rings. The summed E-state index contributed by atoms with van der Waals surface area (Å²) in [6.45, 7) is 0.843. The van der Waals surface area contributed by atoms with E-state index < -0.39 is 5.92 Å². The predicted molar refractivity (Wildman–Crippen MR) is 99.9 cm³/mol. The van der Waals surface area contributed by atoms with Crippen molar-refractivity contribution in [3.05, 3.63) is 63.9 Å². The molecule has 1 atom stereocenters. The number of halogens is 3. The zero-order valence-corrected chi connectivity index (χ0v) is 15.4. The Hall–Kier alpha value is -2.11. The summed E-state index contributed by atoms with van der Waals surface area (Å²) in [6.07, 6.45) is 0.772. The topological polar surface area (TPSA) is 49.4 Å². The minimum atomic E-state index is -0.439. The van der Waals surface area contributed by atoms with Gasteiger partial charge in [-0.15, -0.1) is 0 Å². The Morgan fingerprint density at radius 2 is 1.92 bits per heavy atom. The zero-order chi connectivity index (χ0) is 18.7. The van der Waals surface area contributed by atoms with Crippen LogP contribution in [0, 0.1) is 11.7 Å². The van der Waals surface area contributed by atoms with Crippen LogP contribution in [0.2, 0.25) is 10.0 Å². The maximum absolute atomic E-state index is 12.9. The van der Waals surface area contributed by atoms with Crippen LogP contribution in [0.4, 0.5) is 10.1 Å². The lowest BCUT2D eigenvalue weighted by Crippen LogP contribution is -2.30. The molecule has 2 aromatic rings. The fraction of sp³-hybridized carbons (Fsp3) is 0.263. The fourth-order valence-corrected chi connectivity index (χ4v) is 3.26. The van der Waals surface area contributed by atoms with Crippen molar-refractivity contribution in [3.8, 4) is 0 Å². The van der Waals surface area contributed by atoms with E-state index in [1.807, 2.05) is 0 Å². The SMILES string of the molecule is O=C(Nc1cccc(Cl)c1Cl)[C@H]1CC(=O)N(CCc2ccc(F)cc2)C1. The number of anilines is 1. The molecule has 0 saturated carbocycles. The molecular weight excluding hydrogens is 378 g/mol. The molecule has 1 saturated heterocycles. The van der Waals surface area contributed by atoms with E-state index in [4.69, 9.17) is 23.2 Å². The van der Waals surface area contributed by atoms with E-state index in [1.165, 1.54) is 12.1 Å². The molecule has 26 heavy (non-hydrogen) atoms. The van der Waals surface area contributed by atoms with E-state index in [0.29, 0.717) is 30.2 Å². The average molecular weight is 395 g/mol. The molecule has 1 heterocycles. The molecule has 0 unspecified atom stereocenters. The molecule has 1 aliphatic heterocycles. The second-order valence-corrected chi connectivity index (χ2v) is 6.99. The summed E-state index contributed by atoms with van der Waals surface area (Å²) in [5, 5.41) is 3.37. The van der Waals surface area contributed by atoms with Crippen molar-refractivity contribution in [1.29, 1.82) is 0 Å². The lowest BCUT2D eigenvalue weighted by molar-refractivity contribution is -0.128. The first-order chi connectivity index (χ1) is 12.4. The van der Waals surface area contributed by atoms with Crippen molar-refractivity contribution in [2.45, 2.75) is 12.8 Å². The van der Waals surface area contributed by atoms with Gasteiger partial charge in [-0.25, -0.2) is 4.39 Å². The quantitative estimate of drug-likeness (QED) is 0.827. The van der Waals surface area contributed by atoms with E-state index in [9.17, 15) is 14.0 Å². The normalized spacial score (nSPS) is 16.8. The average Bonchev–Trinajstić information content (AvgIpc) is 2.99. The Labute approximate surface area is 160 Å². The van der Waals surface area contributed by atoms with Crippen LogP contribution in [0.25, 0.3) is 0 Å². The Morgan fingerprint density at radius 3 is 2.65 bits per heavy atom. The monoisotopic (exact) mass is 394 g/mol. The Balaban J connectivity index is 1.57. The van der Waals surface area contributed by atoms with Crippen LogP contribution in [0.3, 0.4) is 0 Å². The van der Waals surface area contributed by atoms with E-state index in [2.05, 4.69) is 5.32 Å². The Kier molecular flexibility index (Phi) is 5.79. The van der Waals surface area contributed by atoms with E-state index >= 15 is 0 Å². The van der Waals surface area contributed by atoms with Gasteiger partial charge in [0.2, 0.25) is 11.8 Å². The van der Waals surface area contributed by atoms with Gasteiger partial charge in [0, 0.05) is 19.5 Å². The van der Waals surface area contributed by atoms with Gasteiger partial charge in [-0.2, -0.15) is 0 Å². The first kappa shape index (κ1) is 18.7. The van der Waals surface area contributed by atoms with Crippen molar-refractivity contribution >= 4 is 40.7 Å². The highest BCUT2D eigenvalue weighted by atomic mass is 35.5. The second kappa shape index (κ2) is 8.06. The summed E-state index contributed by atoms with van der Waals surface area (Å²) in [5.74, 6) is -1.05. The molecule has 7 heteroatoms. The number of benzene rings is 2. The maximum atomic E-state index is 12.9. The molecular formula is C19H17Cl2FN2O2. The molecule has 4 nitrogen and oxygen atoms in total. The maximum Gasteiger partial charge on any atom is 0.229 e. The summed E-state index contributed by atoms with van der Waals surface area (Å²) >= 11 is 12.0. The highest BCUT2D eigenvalue weighted by Gasteiger charge is 2.34. The van der Waals surface area contributed by atoms with Crippen LogP contribution < -0.4 is 5.32 Å². The molecule has 0 bridgehead atoms. The van der Waals surface area contributed by atoms with Crippen LogP contribution in [0.15, 0.2) is 42.5 Å². The molecule has 1 N–H and O–H groups in total. The highest BCUT2D eigenvalue weighted by Crippen LogP contribution is 2.30. The minimum absolute atomic E-state index is 0.0653. The van der Waals surface area contributed by atoms with Gasteiger partial charge in [-0.3, -0.25) is 9.59 Å². The van der Waals surface area contributed by atoms with E-state index in [-0.39, 0.29) is 29.1 Å². The van der Waals surface area contributed by atoms with Gasteiger partial charge in [0.15, 0.2) is 0 Å². The number of rotatable bonds is 5. The van der Waals surface area contributed by atoms with Gasteiger partial charge in [0.25, 0.3) is 0 Å². The molecule has 1 aliphatic rings. The molecule has 2 amide bonds. The van der Waals surface area contributed by atoms with Gasteiger partial charge in [0.1, 0.15) is 5.82 Å². The lowest BCUT2D eigenvalue weighted by atomic mass is 10.1. The van der Waals surface area contributed by atoms with Crippen molar-refractivity contribution in [2.24, 2.45) is 5.92 Å². The van der Waals surface area contributed by atoms with Gasteiger partial charge >= 0.3 is 0 Å². The molecule has 0 spiro atoms.